The number of anilines is 2. The molecule has 2 aromatic carbocycles. The molecule has 0 bridgehead atoms. The highest BCUT2D eigenvalue weighted by atomic mass is 35.5. The van der Waals surface area contributed by atoms with Gasteiger partial charge in [-0.3, -0.25) is 0 Å². The molecule has 4 rings (SSSR count). The van der Waals surface area contributed by atoms with Crippen LogP contribution < -0.4 is 5.32 Å². The predicted octanol–water partition coefficient (Wildman–Crippen LogP) is 4.39. The van der Waals surface area contributed by atoms with Gasteiger partial charge in [-0.2, -0.15) is 10.4 Å². The molecule has 2 heterocycles. The number of fused-ring (bicyclic) bond motifs is 1. The number of nitriles is 1. The van der Waals surface area contributed by atoms with Crippen LogP contribution >= 0.6 is 11.6 Å². The number of hydrogen-bond donors (Lipinski definition) is 1. The van der Waals surface area contributed by atoms with Crippen LogP contribution in [0.3, 0.4) is 0 Å². The molecular weight excluding hydrogens is 348 g/mol. The van der Waals surface area contributed by atoms with Crippen molar-refractivity contribution in [3.05, 3.63) is 71.1 Å². The first kappa shape index (κ1) is 16.1. The Bertz CT molecular complexity index is 1160. The van der Waals surface area contributed by atoms with E-state index in [1.54, 1.807) is 23.0 Å². The van der Waals surface area contributed by atoms with Crippen LogP contribution in [0.25, 0.3) is 16.7 Å². The van der Waals surface area contributed by atoms with Gasteiger partial charge >= 0.3 is 0 Å². The number of halogens is 1. The second-order valence-corrected chi connectivity index (χ2v) is 6.17. The van der Waals surface area contributed by atoms with Crippen LogP contribution in [0, 0.1) is 18.3 Å². The third-order valence-electron chi connectivity index (χ3n) is 4.02. The van der Waals surface area contributed by atoms with E-state index < -0.39 is 0 Å². The number of aromatic nitrogens is 4. The fraction of sp³-hybridized carbons (Fsp3) is 0.0526. The Labute approximate surface area is 154 Å². The highest BCUT2D eigenvalue weighted by Gasteiger charge is 2.12. The lowest BCUT2D eigenvalue weighted by molar-refractivity contribution is 0.894. The molecule has 0 amide bonds. The van der Waals surface area contributed by atoms with E-state index in [9.17, 15) is 0 Å². The molecule has 126 valence electrons. The van der Waals surface area contributed by atoms with Crippen LogP contribution in [0.2, 0.25) is 5.02 Å². The molecule has 7 heteroatoms. The SMILES string of the molecule is Cc1ccc(-n2ncc3c(Nc4cccc(C#N)c4)ncnc32)cc1Cl. The van der Waals surface area contributed by atoms with Crippen LogP contribution in [0.5, 0.6) is 0 Å². The van der Waals surface area contributed by atoms with Gasteiger partial charge in [-0.05, 0) is 42.8 Å². The van der Waals surface area contributed by atoms with Crippen LogP contribution in [0.15, 0.2) is 55.0 Å². The highest BCUT2D eigenvalue weighted by Crippen LogP contribution is 2.26. The summed E-state index contributed by atoms with van der Waals surface area (Å²) in [7, 11) is 0. The molecule has 2 aromatic heterocycles. The van der Waals surface area contributed by atoms with Crippen molar-refractivity contribution in [2.45, 2.75) is 6.92 Å². The summed E-state index contributed by atoms with van der Waals surface area (Å²) in [6, 6.07) is 15.1. The van der Waals surface area contributed by atoms with Crippen LogP contribution in [0.4, 0.5) is 11.5 Å². The van der Waals surface area contributed by atoms with Crippen molar-refractivity contribution < 1.29 is 0 Å². The van der Waals surface area contributed by atoms with Gasteiger partial charge in [0.25, 0.3) is 0 Å². The van der Waals surface area contributed by atoms with Crippen molar-refractivity contribution in [3.63, 3.8) is 0 Å². The minimum Gasteiger partial charge on any atom is -0.339 e. The van der Waals surface area contributed by atoms with Crippen LogP contribution in [-0.2, 0) is 0 Å². The molecule has 0 atom stereocenters. The van der Waals surface area contributed by atoms with E-state index in [1.165, 1.54) is 6.33 Å². The third kappa shape index (κ3) is 2.85. The van der Waals surface area contributed by atoms with Crippen molar-refractivity contribution >= 4 is 34.1 Å². The van der Waals surface area contributed by atoms with Gasteiger partial charge in [0.1, 0.15) is 12.1 Å². The lowest BCUT2D eigenvalue weighted by atomic mass is 10.2. The standard InChI is InChI=1S/C19H13ClN6/c1-12-5-6-15(8-17(12)20)26-19-16(10-24-26)18(22-11-23-19)25-14-4-2-3-13(7-14)9-21/h2-8,10-11H,1H3,(H,22,23,25). The van der Waals surface area contributed by atoms with Gasteiger partial charge in [0, 0.05) is 10.7 Å². The Morgan fingerprint density at radius 2 is 2.04 bits per heavy atom. The minimum absolute atomic E-state index is 0.574. The summed E-state index contributed by atoms with van der Waals surface area (Å²) in [5, 5.41) is 18.1. The topological polar surface area (TPSA) is 79.4 Å². The maximum absolute atomic E-state index is 9.04. The van der Waals surface area contributed by atoms with E-state index in [2.05, 4.69) is 26.5 Å². The fourth-order valence-corrected chi connectivity index (χ4v) is 2.82. The summed E-state index contributed by atoms with van der Waals surface area (Å²) in [4.78, 5) is 8.67. The molecule has 0 unspecified atom stereocenters. The van der Waals surface area contributed by atoms with Gasteiger partial charge in [-0.25, -0.2) is 14.6 Å². The van der Waals surface area contributed by atoms with Crippen molar-refractivity contribution in [2.24, 2.45) is 0 Å². The van der Waals surface area contributed by atoms with Gasteiger partial charge in [0.05, 0.1) is 28.9 Å². The predicted molar refractivity (Wildman–Crippen MR) is 101 cm³/mol. The minimum atomic E-state index is 0.574. The van der Waals surface area contributed by atoms with E-state index in [4.69, 9.17) is 16.9 Å². The summed E-state index contributed by atoms with van der Waals surface area (Å²) in [5.41, 5.74) is 3.84. The molecule has 4 aromatic rings. The number of nitrogens with one attached hydrogen (secondary N) is 1. The Morgan fingerprint density at radius 3 is 2.85 bits per heavy atom. The maximum Gasteiger partial charge on any atom is 0.168 e. The van der Waals surface area contributed by atoms with Gasteiger partial charge in [-0.1, -0.05) is 23.7 Å². The zero-order valence-electron chi connectivity index (χ0n) is 13.8. The first-order valence-electron chi connectivity index (χ1n) is 7.88. The third-order valence-corrected chi connectivity index (χ3v) is 4.43. The summed E-state index contributed by atoms with van der Waals surface area (Å²) < 4.78 is 1.72. The first-order valence-corrected chi connectivity index (χ1v) is 8.26. The van der Waals surface area contributed by atoms with Gasteiger partial charge in [0.2, 0.25) is 0 Å². The van der Waals surface area contributed by atoms with Crippen LogP contribution in [-0.4, -0.2) is 19.7 Å². The molecule has 0 radical (unpaired) electrons. The number of nitrogens with zero attached hydrogens (tertiary/aromatic N) is 5. The monoisotopic (exact) mass is 360 g/mol. The maximum atomic E-state index is 9.04. The molecule has 1 N–H and O–H groups in total. The number of benzene rings is 2. The molecule has 6 nitrogen and oxygen atoms in total. The van der Waals surface area contributed by atoms with Crippen molar-refractivity contribution in [2.75, 3.05) is 5.32 Å². The average molecular weight is 361 g/mol. The second-order valence-electron chi connectivity index (χ2n) is 5.77. The van der Waals surface area contributed by atoms with Crippen LogP contribution in [0.1, 0.15) is 11.1 Å². The van der Waals surface area contributed by atoms with Gasteiger partial charge in [0.15, 0.2) is 5.65 Å². The lowest BCUT2D eigenvalue weighted by Gasteiger charge is -2.08. The summed E-state index contributed by atoms with van der Waals surface area (Å²) in [5.74, 6) is 0.620. The highest BCUT2D eigenvalue weighted by molar-refractivity contribution is 6.31. The summed E-state index contributed by atoms with van der Waals surface area (Å²) in [6.45, 7) is 1.95. The molecule has 0 saturated heterocycles. The van der Waals surface area contributed by atoms with E-state index in [0.717, 1.165) is 22.3 Å². The molecule has 0 spiro atoms. The molecule has 0 fully saturated rings. The van der Waals surface area contributed by atoms with E-state index in [0.29, 0.717) is 22.1 Å². The normalized spacial score (nSPS) is 10.7. The Kier molecular flexibility index (Phi) is 3.99. The first-order chi connectivity index (χ1) is 12.7. The molecule has 0 aliphatic heterocycles. The Balaban J connectivity index is 1.77. The molecule has 0 saturated carbocycles. The Morgan fingerprint density at radius 1 is 1.15 bits per heavy atom. The largest absolute Gasteiger partial charge is 0.339 e. The van der Waals surface area contributed by atoms with Crippen molar-refractivity contribution in [1.29, 1.82) is 5.26 Å². The van der Waals surface area contributed by atoms with E-state index >= 15 is 0 Å². The molecule has 0 aliphatic rings. The van der Waals surface area contributed by atoms with E-state index in [-0.39, 0.29) is 0 Å². The molecular formula is C19H13ClN6. The lowest BCUT2D eigenvalue weighted by Crippen LogP contribution is -2.00. The second kappa shape index (κ2) is 6.47. The van der Waals surface area contributed by atoms with E-state index in [1.807, 2.05) is 37.3 Å². The Hall–Kier alpha value is -3.43. The quantitative estimate of drug-likeness (QED) is 0.586. The molecule has 26 heavy (non-hydrogen) atoms. The van der Waals surface area contributed by atoms with Gasteiger partial charge in [-0.15, -0.1) is 0 Å². The van der Waals surface area contributed by atoms with Gasteiger partial charge < -0.3 is 5.32 Å². The van der Waals surface area contributed by atoms with Crippen molar-refractivity contribution in [1.82, 2.24) is 19.7 Å². The van der Waals surface area contributed by atoms with Crippen molar-refractivity contribution in [3.8, 4) is 11.8 Å². The zero-order valence-corrected chi connectivity index (χ0v) is 14.6. The zero-order chi connectivity index (χ0) is 18.1. The smallest absolute Gasteiger partial charge is 0.168 e. The average Bonchev–Trinajstić information content (AvgIpc) is 3.09. The summed E-state index contributed by atoms with van der Waals surface area (Å²) >= 11 is 6.24. The molecule has 0 aliphatic carbocycles. The number of rotatable bonds is 3. The fourth-order valence-electron chi connectivity index (χ4n) is 2.65. The number of hydrogen-bond acceptors (Lipinski definition) is 5. The number of aryl methyl sites for hydroxylation is 1. The summed E-state index contributed by atoms with van der Waals surface area (Å²) in [6.07, 6.45) is 3.19.